The van der Waals surface area contributed by atoms with E-state index in [2.05, 4.69) is 15.5 Å². The van der Waals surface area contributed by atoms with Crippen LogP contribution in [0.2, 0.25) is 0 Å². The van der Waals surface area contributed by atoms with Gasteiger partial charge in [0.1, 0.15) is 5.82 Å². The molecule has 2 fully saturated rings. The number of hydrogen-bond acceptors (Lipinski definition) is 6. The second-order valence-corrected chi connectivity index (χ2v) is 7.67. The highest BCUT2D eigenvalue weighted by Crippen LogP contribution is 2.39. The fraction of sp³-hybridized carbons (Fsp3) is 0.476. The smallest absolute Gasteiger partial charge is 0.319 e. The summed E-state index contributed by atoms with van der Waals surface area (Å²) in [7, 11) is 0. The molecule has 2 aromatic rings. The number of carbonyl (C=O) groups is 1. The van der Waals surface area contributed by atoms with E-state index in [-0.39, 0.29) is 6.03 Å². The molecule has 29 heavy (non-hydrogen) atoms. The number of nitrogens with one attached hydrogen (secondary N) is 2. The molecule has 3 aliphatic rings. The predicted molar refractivity (Wildman–Crippen MR) is 109 cm³/mol. The third-order valence-corrected chi connectivity index (χ3v) is 5.67. The molecule has 2 amide bonds. The summed E-state index contributed by atoms with van der Waals surface area (Å²) < 4.78 is 11.7. The first kappa shape index (κ1) is 18.2. The Bertz CT molecular complexity index is 917. The number of anilines is 2. The first-order valence-corrected chi connectivity index (χ1v) is 10.3. The van der Waals surface area contributed by atoms with Crippen LogP contribution in [0.15, 0.2) is 24.3 Å². The number of ether oxygens (including phenoxy) is 2. The molecule has 0 spiro atoms. The molecule has 1 aromatic carbocycles. The average molecular weight is 395 g/mol. The van der Waals surface area contributed by atoms with Crippen molar-refractivity contribution in [2.45, 2.75) is 38.3 Å². The molecular formula is C21H25N5O3. The molecule has 152 valence electrons. The Morgan fingerprint density at radius 1 is 1.28 bits per heavy atom. The fourth-order valence-corrected chi connectivity index (χ4v) is 4.27. The molecule has 1 aromatic heterocycles. The summed E-state index contributed by atoms with van der Waals surface area (Å²) in [5.74, 6) is 2.34. The number of morpholine rings is 1. The molecule has 8 nitrogen and oxygen atoms in total. The lowest BCUT2D eigenvalue weighted by Gasteiger charge is -2.31. The minimum Gasteiger partial charge on any atom is -0.477 e. The highest BCUT2D eigenvalue weighted by molar-refractivity contribution is 5.89. The standard InChI is InChI=1S/C21H25N5O3/c1-2-22-21(27)23-14-7-5-13(6-8-14)18-24-19(17-4-3-9-28-20(17)25-18)26-11-16-10-15(26)12-29-16/h5-8,15-16H,2-4,9-12H2,1H3,(H2,22,23,27). The van der Waals surface area contributed by atoms with Crippen molar-refractivity contribution >= 4 is 17.5 Å². The molecule has 2 unspecified atom stereocenters. The molecule has 2 saturated heterocycles. The Labute approximate surface area is 169 Å². The Balaban J connectivity index is 1.46. The lowest BCUT2D eigenvalue weighted by Crippen LogP contribution is -2.38. The van der Waals surface area contributed by atoms with E-state index in [9.17, 15) is 4.79 Å². The van der Waals surface area contributed by atoms with Gasteiger partial charge in [-0.25, -0.2) is 9.78 Å². The molecule has 2 bridgehead atoms. The molecular weight excluding hydrogens is 370 g/mol. The van der Waals surface area contributed by atoms with Crippen molar-refractivity contribution in [1.82, 2.24) is 15.3 Å². The van der Waals surface area contributed by atoms with Gasteiger partial charge in [0.25, 0.3) is 0 Å². The van der Waals surface area contributed by atoms with Gasteiger partial charge in [0.2, 0.25) is 5.88 Å². The molecule has 3 aliphatic heterocycles. The zero-order chi connectivity index (χ0) is 19.8. The number of nitrogens with zero attached hydrogens (tertiary/aromatic N) is 3. The molecule has 0 saturated carbocycles. The first-order chi connectivity index (χ1) is 14.2. The van der Waals surface area contributed by atoms with E-state index in [1.54, 1.807) is 0 Å². The highest BCUT2D eigenvalue weighted by Gasteiger charge is 2.41. The molecule has 4 heterocycles. The fourth-order valence-electron chi connectivity index (χ4n) is 4.27. The summed E-state index contributed by atoms with van der Waals surface area (Å²) in [6.07, 6.45) is 3.30. The summed E-state index contributed by atoms with van der Waals surface area (Å²) in [6.45, 7) is 4.80. The van der Waals surface area contributed by atoms with E-state index in [0.717, 1.165) is 55.0 Å². The van der Waals surface area contributed by atoms with Gasteiger partial charge in [0.05, 0.1) is 30.9 Å². The number of aromatic nitrogens is 2. The maximum absolute atomic E-state index is 11.7. The third-order valence-electron chi connectivity index (χ3n) is 5.67. The van der Waals surface area contributed by atoms with Crippen LogP contribution in [0.3, 0.4) is 0 Å². The van der Waals surface area contributed by atoms with E-state index in [1.807, 2.05) is 31.2 Å². The van der Waals surface area contributed by atoms with Gasteiger partial charge >= 0.3 is 6.03 Å². The number of hydrogen-bond donors (Lipinski definition) is 2. The van der Waals surface area contributed by atoms with E-state index < -0.39 is 0 Å². The predicted octanol–water partition coefficient (Wildman–Crippen LogP) is 2.59. The van der Waals surface area contributed by atoms with Gasteiger partial charge in [0, 0.05) is 24.3 Å². The molecule has 0 aliphatic carbocycles. The Kier molecular flexibility index (Phi) is 4.71. The van der Waals surface area contributed by atoms with E-state index >= 15 is 0 Å². The highest BCUT2D eigenvalue weighted by atomic mass is 16.5. The van der Waals surface area contributed by atoms with Crippen molar-refractivity contribution in [2.75, 3.05) is 36.5 Å². The van der Waals surface area contributed by atoms with Gasteiger partial charge < -0.3 is 25.0 Å². The number of benzene rings is 1. The summed E-state index contributed by atoms with van der Waals surface area (Å²) in [6, 6.07) is 7.74. The maximum atomic E-state index is 11.7. The Hall–Kier alpha value is -2.87. The SMILES string of the molecule is CCNC(=O)Nc1ccc(-c2nc3c(c(N4CC5CC4CO5)n2)CCCO3)cc1. The van der Waals surface area contributed by atoms with Crippen molar-refractivity contribution < 1.29 is 14.3 Å². The zero-order valence-electron chi connectivity index (χ0n) is 16.5. The third kappa shape index (κ3) is 3.48. The summed E-state index contributed by atoms with van der Waals surface area (Å²) in [5.41, 5.74) is 2.73. The first-order valence-electron chi connectivity index (χ1n) is 10.3. The lowest BCUT2D eigenvalue weighted by atomic mass is 10.1. The molecule has 8 heteroatoms. The molecule has 2 N–H and O–H groups in total. The monoisotopic (exact) mass is 395 g/mol. The molecule has 5 rings (SSSR count). The number of carbonyl (C=O) groups excluding carboxylic acids is 1. The van der Waals surface area contributed by atoms with Crippen LogP contribution < -0.4 is 20.3 Å². The van der Waals surface area contributed by atoms with Crippen LogP contribution in [-0.4, -0.2) is 54.4 Å². The minimum absolute atomic E-state index is 0.215. The summed E-state index contributed by atoms with van der Waals surface area (Å²) in [4.78, 5) is 23.7. The summed E-state index contributed by atoms with van der Waals surface area (Å²) in [5, 5.41) is 5.53. The van der Waals surface area contributed by atoms with E-state index in [0.29, 0.717) is 37.0 Å². The molecule has 0 radical (unpaired) electrons. The van der Waals surface area contributed by atoms with E-state index in [1.165, 1.54) is 0 Å². The normalized spacial score (nSPS) is 22.2. The van der Waals surface area contributed by atoms with Gasteiger partial charge in [-0.2, -0.15) is 4.98 Å². The van der Waals surface area contributed by atoms with Crippen LogP contribution in [0.5, 0.6) is 5.88 Å². The van der Waals surface area contributed by atoms with Gasteiger partial charge in [-0.15, -0.1) is 0 Å². The van der Waals surface area contributed by atoms with Crippen molar-refractivity contribution in [2.24, 2.45) is 0 Å². The zero-order valence-corrected chi connectivity index (χ0v) is 16.5. The van der Waals surface area contributed by atoms with Crippen LogP contribution >= 0.6 is 0 Å². The average Bonchev–Trinajstić information content (AvgIpc) is 3.37. The van der Waals surface area contributed by atoms with Gasteiger partial charge in [-0.05, 0) is 50.5 Å². The number of fused-ring (bicyclic) bond motifs is 3. The minimum atomic E-state index is -0.215. The topological polar surface area (TPSA) is 88.6 Å². The van der Waals surface area contributed by atoms with E-state index in [4.69, 9.17) is 19.4 Å². The van der Waals surface area contributed by atoms with Crippen LogP contribution in [0.4, 0.5) is 16.3 Å². The van der Waals surface area contributed by atoms with Crippen molar-refractivity contribution in [3.63, 3.8) is 0 Å². The van der Waals surface area contributed by atoms with Crippen molar-refractivity contribution in [3.8, 4) is 17.3 Å². The summed E-state index contributed by atoms with van der Waals surface area (Å²) >= 11 is 0. The van der Waals surface area contributed by atoms with Crippen LogP contribution in [0.1, 0.15) is 25.3 Å². The van der Waals surface area contributed by atoms with Crippen molar-refractivity contribution in [1.29, 1.82) is 0 Å². The van der Waals surface area contributed by atoms with Crippen LogP contribution in [0.25, 0.3) is 11.4 Å². The maximum Gasteiger partial charge on any atom is 0.319 e. The van der Waals surface area contributed by atoms with Gasteiger partial charge in [-0.1, -0.05) is 0 Å². The Morgan fingerprint density at radius 2 is 2.14 bits per heavy atom. The van der Waals surface area contributed by atoms with Gasteiger partial charge in [-0.3, -0.25) is 0 Å². The second-order valence-electron chi connectivity index (χ2n) is 7.67. The number of amides is 2. The largest absolute Gasteiger partial charge is 0.477 e. The Morgan fingerprint density at radius 3 is 2.86 bits per heavy atom. The quantitative estimate of drug-likeness (QED) is 0.827. The van der Waals surface area contributed by atoms with Crippen molar-refractivity contribution in [3.05, 3.63) is 29.8 Å². The van der Waals surface area contributed by atoms with Crippen LogP contribution in [-0.2, 0) is 11.2 Å². The number of urea groups is 1. The lowest BCUT2D eigenvalue weighted by molar-refractivity contribution is 0.0987. The van der Waals surface area contributed by atoms with Crippen LogP contribution in [0, 0.1) is 0 Å². The van der Waals surface area contributed by atoms with Gasteiger partial charge in [0.15, 0.2) is 5.82 Å². The number of rotatable bonds is 4. The molecule has 2 atom stereocenters. The second kappa shape index (κ2) is 7.51.